The van der Waals surface area contributed by atoms with Crippen LogP contribution in [0.5, 0.6) is 0 Å². The number of anilines is 1. The highest BCUT2D eigenvalue weighted by molar-refractivity contribution is 5.97. The summed E-state index contributed by atoms with van der Waals surface area (Å²) in [6.07, 6.45) is 6.15. The molecule has 0 atom stereocenters. The zero-order chi connectivity index (χ0) is 15.3. The third kappa shape index (κ3) is 3.92. The van der Waals surface area contributed by atoms with Crippen molar-refractivity contribution in [3.05, 3.63) is 28.7 Å². The van der Waals surface area contributed by atoms with E-state index in [9.17, 15) is 9.59 Å². The lowest BCUT2D eigenvalue weighted by Gasteiger charge is -2.31. The number of carbonyl (C=O) groups is 1. The maximum Gasteiger partial charge on any atom is 0.250 e. The van der Waals surface area contributed by atoms with E-state index < -0.39 is 5.54 Å². The number of nitrogens with zero attached hydrogens (tertiary/aromatic N) is 1. The molecule has 1 fully saturated rings. The van der Waals surface area contributed by atoms with E-state index in [2.05, 4.69) is 5.32 Å². The van der Waals surface area contributed by atoms with Crippen LogP contribution in [0.15, 0.2) is 23.1 Å². The van der Waals surface area contributed by atoms with Crippen molar-refractivity contribution in [1.29, 1.82) is 0 Å². The lowest BCUT2D eigenvalue weighted by Crippen LogP contribution is -2.52. The number of nitrogens with one attached hydrogen (secondary N) is 1. The molecule has 1 amide bonds. The van der Waals surface area contributed by atoms with Crippen LogP contribution in [0.25, 0.3) is 0 Å². The van der Waals surface area contributed by atoms with E-state index in [4.69, 9.17) is 10.5 Å². The molecule has 1 saturated carbocycles. The highest BCUT2D eigenvalue weighted by atomic mass is 16.5. The van der Waals surface area contributed by atoms with Gasteiger partial charge < -0.3 is 20.4 Å². The monoisotopic (exact) mass is 293 g/mol. The topological polar surface area (TPSA) is 86.3 Å². The Morgan fingerprint density at radius 2 is 2.10 bits per heavy atom. The zero-order valence-electron chi connectivity index (χ0n) is 12.4. The minimum atomic E-state index is -0.786. The summed E-state index contributed by atoms with van der Waals surface area (Å²) in [5.41, 5.74) is 5.88. The lowest BCUT2D eigenvalue weighted by atomic mass is 9.82. The molecule has 1 aliphatic carbocycles. The molecule has 1 aromatic rings. The second kappa shape index (κ2) is 6.87. The quantitative estimate of drug-likeness (QED) is 0.851. The minimum absolute atomic E-state index is 0.120. The molecule has 1 heterocycles. The van der Waals surface area contributed by atoms with Gasteiger partial charge >= 0.3 is 0 Å². The molecule has 6 heteroatoms. The summed E-state index contributed by atoms with van der Waals surface area (Å²) in [6.45, 7) is 0.894. The van der Waals surface area contributed by atoms with Gasteiger partial charge in [0.15, 0.2) is 0 Å². The summed E-state index contributed by atoms with van der Waals surface area (Å²) in [5, 5.41) is 2.83. The molecule has 0 bridgehead atoms. The van der Waals surface area contributed by atoms with Crippen LogP contribution in [0.2, 0.25) is 0 Å². The summed E-state index contributed by atoms with van der Waals surface area (Å²) in [4.78, 5) is 24.0. The van der Waals surface area contributed by atoms with Crippen LogP contribution in [0.1, 0.15) is 32.1 Å². The Balaban J connectivity index is 2.08. The van der Waals surface area contributed by atoms with Crippen LogP contribution in [-0.2, 0) is 16.1 Å². The van der Waals surface area contributed by atoms with Gasteiger partial charge in [0.05, 0.1) is 17.8 Å². The van der Waals surface area contributed by atoms with Gasteiger partial charge in [0, 0.05) is 25.9 Å². The molecule has 0 saturated heterocycles. The minimum Gasteiger partial charge on any atom is -0.383 e. The predicted octanol–water partition coefficient (Wildman–Crippen LogP) is 1.09. The van der Waals surface area contributed by atoms with E-state index in [0.29, 0.717) is 31.7 Å². The van der Waals surface area contributed by atoms with Gasteiger partial charge in [0.2, 0.25) is 5.91 Å². The predicted molar refractivity (Wildman–Crippen MR) is 81.2 cm³/mol. The van der Waals surface area contributed by atoms with Gasteiger partial charge in [-0.2, -0.15) is 0 Å². The first-order valence-electron chi connectivity index (χ1n) is 7.35. The molecule has 2 rings (SSSR count). The van der Waals surface area contributed by atoms with E-state index in [-0.39, 0.29) is 11.5 Å². The number of nitrogens with two attached hydrogens (primary N) is 1. The van der Waals surface area contributed by atoms with Crippen molar-refractivity contribution in [1.82, 2.24) is 4.57 Å². The Morgan fingerprint density at radius 1 is 1.38 bits per heavy atom. The summed E-state index contributed by atoms with van der Waals surface area (Å²) in [7, 11) is 1.58. The third-order valence-electron chi connectivity index (χ3n) is 3.98. The van der Waals surface area contributed by atoms with Crippen molar-refractivity contribution >= 4 is 11.6 Å². The molecule has 1 aliphatic rings. The summed E-state index contributed by atoms with van der Waals surface area (Å²) in [5.74, 6) is -0.167. The number of ether oxygens (including phenoxy) is 1. The molecule has 0 aromatic carbocycles. The molecule has 0 spiro atoms. The number of aromatic nitrogens is 1. The van der Waals surface area contributed by atoms with Crippen LogP contribution in [0.4, 0.5) is 5.69 Å². The number of carbonyl (C=O) groups excluding carboxylic acids is 1. The van der Waals surface area contributed by atoms with E-state index in [1.54, 1.807) is 19.4 Å². The van der Waals surface area contributed by atoms with Crippen molar-refractivity contribution in [2.24, 2.45) is 5.73 Å². The molecule has 3 N–H and O–H groups in total. The van der Waals surface area contributed by atoms with E-state index in [1.807, 2.05) is 0 Å². The highest BCUT2D eigenvalue weighted by Gasteiger charge is 2.35. The number of pyridine rings is 1. The Kier molecular flexibility index (Phi) is 5.14. The molecular formula is C15H23N3O3. The first kappa shape index (κ1) is 15.7. The smallest absolute Gasteiger partial charge is 0.250 e. The molecule has 116 valence electrons. The van der Waals surface area contributed by atoms with Crippen LogP contribution < -0.4 is 16.6 Å². The zero-order valence-corrected chi connectivity index (χ0v) is 12.4. The van der Waals surface area contributed by atoms with Crippen molar-refractivity contribution in [3.8, 4) is 0 Å². The maximum absolute atomic E-state index is 12.4. The Labute approximate surface area is 124 Å². The van der Waals surface area contributed by atoms with E-state index in [0.717, 1.165) is 19.3 Å². The Morgan fingerprint density at radius 3 is 2.76 bits per heavy atom. The SMILES string of the molecule is COCCn1cc(NC(=O)C2(N)CCCCC2)ccc1=O. The van der Waals surface area contributed by atoms with Gasteiger partial charge in [-0.15, -0.1) is 0 Å². The van der Waals surface area contributed by atoms with Gasteiger partial charge in [0.25, 0.3) is 5.56 Å². The molecule has 0 aliphatic heterocycles. The molecule has 21 heavy (non-hydrogen) atoms. The summed E-state index contributed by atoms with van der Waals surface area (Å²) < 4.78 is 6.48. The standard InChI is InChI=1S/C15H23N3O3/c1-21-10-9-18-11-12(5-6-13(18)19)17-14(20)15(16)7-3-2-4-8-15/h5-6,11H,2-4,7-10,16H2,1H3,(H,17,20). The lowest BCUT2D eigenvalue weighted by molar-refractivity contribution is -0.122. The normalized spacial score (nSPS) is 17.4. The summed E-state index contributed by atoms with van der Waals surface area (Å²) >= 11 is 0. The molecule has 6 nitrogen and oxygen atoms in total. The number of hydrogen-bond donors (Lipinski definition) is 2. The molecule has 1 aromatic heterocycles. The fourth-order valence-electron chi connectivity index (χ4n) is 2.63. The fourth-order valence-corrected chi connectivity index (χ4v) is 2.63. The largest absolute Gasteiger partial charge is 0.383 e. The van der Waals surface area contributed by atoms with Crippen LogP contribution >= 0.6 is 0 Å². The fraction of sp³-hybridized carbons (Fsp3) is 0.600. The highest BCUT2D eigenvalue weighted by Crippen LogP contribution is 2.27. The van der Waals surface area contributed by atoms with Crippen molar-refractivity contribution in [2.45, 2.75) is 44.2 Å². The van der Waals surface area contributed by atoms with Crippen molar-refractivity contribution in [2.75, 3.05) is 19.0 Å². The average molecular weight is 293 g/mol. The maximum atomic E-state index is 12.4. The number of amides is 1. The van der Waals surface area contributed by atoms with E-state index >= 15 is 0 Å². The van der Waals surface area contributed by atoms with Crippen molar-refractivity contribution in [3.63, 3.8) is 0 Å². The third-order valence-corrected chi connectivity index (χ3v) is 3.98. The molecular weight excluding hydrogens is 270 g/mol. The van der Waals surface area contributed by atoms with Crippen LogP contribution in [-0.4, -0.2) is 29.7 Å². The second-order valence-corrected chi connectivity index (χ2v) is 5.61. The van der Waals surface area contributed by atoms with Crippen molar-refractivity contribution < 1.29 is 9.53 Å². The average Bonchev–Trinajstić information content (AvgIpc) is 2.48. The summed E-state index contributed by atoms with van der Waals surface area (Å²) in [6, 6.07) is 3.05. The Bertz CT molecular complexity index is 547. The van der Waals surface area contributed by atoms with Gasteiger partial charge in [0.1, 0.15) is 0 Å². The van der Waals surface area contributed by atoms with E-state index in [1.165, 1.54) is 10.6 Å². The van der Waals surface area contributed by atoms with Gasteiger partial charge in [-0.3, -0.25) is 9.59 Å². The number of methoxy groups -OCH3 is 1. The molecule has 0 radical (unpaired) electrons. The van der Waals surface area contributed by atoms with Gasteiger partial charge in [-0.25, -0.2) is 0 Å². The van der Waals surface area contributed by atoms with Crippen LogP contribution in [0.3, 0.4) is 0 Å². The first-order valence-corrected chi connectivity index (χ1v) is 7.35. The van der Waals surface area contributed by atoms with Gasteiger partial charge in [-0.05, 0) is 18.9 Å². The molecule has 0 unspecified atom stereocenters. The number of hydrogen-bond acceptors (Lipinski definition) is 4. The Hall–Kier alpha value is -1.66. The van der Waals surface area contributed by atoms with Crippen LogP contribution in [0, 0.1) is 0 Å². The van der Waals surface area contributed by atoms with Gasteiger partial charge in [-0.1, -0.05) is 19.3 Å². The first-order chi connectivity index (χ1) is 10.0. The number of rotatable bonds is 5. The second-order valence-electron chi connectivity index (χ2n) is 5.61.